The number of aliphatic carboxylic acids is 1. The van der Waals surface area contributed by atoms with Crippen LogP contribution < -0.4 is 4.90 Å². The van der Waals surface area contributed by atoms with Crippen molar-refractivity contribution in [1.82, 2.24) is 14.8 Å². The molecule has 1 aromatic rings. The number of carboxylic acid groups (broad SMARTS) is 1. The molecule has 1 atom stereocenters. The molecule has 18 heavy (non-hydrogen) atoms. The Kier molecular flexibility index (Phi) is 4.11. The molecule has 0 amide bonds. The summed E-state index contributed by atoms with van der Waals surface area (Å²) >= 11 is 1.22. The summed E-state index contributed by atoms with van der Waals surface area (Å²) < 4.78 is 1.99. The van der Waals surface area contributed by atoms with E-state index in [-0.39, 0.29) is 5.75 Å². The minimum absolute atomic E-state index is 0.0224. The number of anilines is 1. The van der Waals surface area contributed by atoms with Gasteiger partial charge in [-0.15, -0.1) is 10.2 Å². The fourth-order valence-corrected chi connectivity index (χ4v) is 2.86. The molecule has 1 saturated heterocycles. The Labute approximate surface area is 110 Å². The van der Waals surface area contributed by atoms with Crippen molar-refractivity contribution in [1.29, 1.82) is 0 Å². The van der Waals surface area contributed by atoms with Gasteiger partial charge in [0.15, 0.2) is 5.16 Å². The molecule has 0 saturated carbocycles. The predicted molar refractivity (Wildman–Crippen MR) is 70.0 cm³/mol. The second-order valence-corrected chi connectivity index (χ2v) is 5.49. The van der Waals surface area contributed by atoms with Crippen LogP contribution in [0.2, 0.25) is 0 Å². The highest BCUT2D eigenvalue weighted by Crippen LogP contribution is 2.26. The zero-order chi connectivity index (χ0) is 13.1. The molecule has 1 aliphatic heterocycles. The van der Waals surface area contributed by atoms with Crippen molar-refractivity contribution in [3.8, 4) is 0 Å². The van der Waals surface area contributed by atoms with E-state index in [0.717, 1.165) is 25.6 Å². The Morgan fingerprint density at radius 2 is 2.33 bits per heavy atom. The smallest absolute Gasteiger partial charge is 0.313 e. The van der Waals surface area contributed by atoms with Gasteiger partial charge < -0.3 is 10.0 Å². The first kappa shape index (κ1) is 13.2. The SMILES string of the molecule is CCn1c(SCC(=O)O)nnc1N1CCC(C)C1. The van der Waals surface area contributed by atoms with E-state index in [4.69, 9.17) is 5.11 Å². The lowest BCUT2D eigenvalue weighted by molar-refractivity contribution is -0.133. The van der Waals surface area contributed by atoms with Gasteiger partial charge in [0.25, 0.3) is 0 Å². The van der Waals surface area contributed by atoms with Gasteiger partial charge in [-0.2, -0.15) is 0 Å². The molecule has 0 radical (unpaired) electrons. The summed E-state index contributed by atoms with van der Waals surface area (Å²) in [5, 5.41) is 17.7. The lowest BCUT2D eigenvalue weighted by Gasteiger charge is -2.17. The minimum Gasteiger partial charge on any atom is -0.481 e. The van der Waals surface area contributed by atoms with Crippen molar-refractivity contribution in [2.75, 3.05) is 23.7 Å². The van der Waals surface area contributed by atoms with Gasteiger partial charge in [-0.25, -0.2) is 0 Å². The molecule has 100 valence electrons. The Hall–Kier alpha value is -1.24. The molecule has 1 fully saturated rings. The van der Waals surface area contributed by atoms with Crippen LogP contribution in [0.3, 0.4) is 0 Å². The Bertz CT molecular complexity index is 435. The van der Waals surface area contributed by atoms with E-state index in [1.165, 1.54) is 18.2 Å². The van der Waals surface area contributed by atoms with Crippen LogP contribution in [0.1, 0.15) is 20.3 Å². The number of rotatable bonds is 5. The first-order chi connectivity index (χ1) is 8.61. The van der Waals surface area contributed by atoms with Crippen molar-refractivity contribution >= 4 is 23.7 Å². The molecular formula is C11H18N4O2S. The molecular weight excluding hydrogens is 252 g/mol. The number of carbonyl (C=O) groups is 1. The van der Waals surface area contributed by atoms with E-state index in [1.807, 2.05) is 11.5 Å². The Morgan fingerprint density at radius 1 is 1.56 bits per heavy atom. The third kappa shape index (κ3) is 2.77. The van der Waals surface area contributed by atoms with Gasteiger partial charge >= 0.3 is 5.97 Å². The van der Waals surface area contributed by atoms with Crippen molar-refractivity contribution in [2.45, 2.75) is 32.0 Å². The van der Waals surface area contributed by atoms with E-state index in [0.29, 0.717) is 11.1 Å². The van der Waals surface area contributed by atoms with Gasteiger partial charge in [0.1, 0.15) is 0 Å². The maximum Gasteiger partial charge on any atom is 0.313 e. The zero-order valence-electron chi connectivity index (χ0n) is 10.7. The van der Waals surface area contributed by atoms with Crippen molar-refractivity contribution in [2.24, 2.45) is 5.92 Å². The first-order valence-electron chi connectivity index (χ1n) is 6.14. The van der Waals surface area contributed by atoms with Crippen LogP contribution in [0, 0.1) is 5.92 Å². The van der Waals surface area contributed by atoms with Crippen LogP contribution in [0.5, 0.6) is 0 Å². The van der Waals surface area contributed by atoms with Gasteiger partial charge in [-0.1, -0.05) is 18.7 Å². The lowest BCUT2D eigenvalue weighted by atomic mass is 10.2. The monoisotopic (exact) mass is 270 g/mol. The Balaban J connectivity index is 2.13. The molecule has 1 N–H and O–H groups in total. The fraction of sp³-hybridized carbons (Fsp3) is 0.727. The van der Waals surface area contributed by atoms with Crippen molar-refractivity contribution < 1.29 is 9.90 Å². The molecule has 6 nitrogen and oxygen atoms in total. The van der Waals surface area contributed by atoms with Crippen LogP contribution in [0.4, 0.5) is 5.95 Å². The molecule has 0 aliphatic carbocycles. The standard InChI is InChI=1S/C11H18N4O2S/c1-3-15-10(14-5-4-8(2)6-14)12-13-11(15)18-7-9(16)17/h8H,3-7H2,1-2H3,(H,16,17). The summed E-state index contributed by atoms with van der Waals surface area (Å²) in [5.74, 6) is 0.744. The van der Waals surface area contributed by atoms with Crippen molar-refractivity contribution in [3.63, 3.8) is 0 Å². The van der Waals surface area contributed by atoms with E-state index >= 15 is 0 Å². The van der Waals surface area contributed by atoms with Crippen LogP contribution in [-0.4, -0.2) is 44.7 Å². The molecule has 2 heterocycles. The summed E-state index contributed by atoms with van der Waals surface area (Å²) in [5.41, 5.74) is 0. The molecule has 2 rings (SSSR count). The number of hydrogen-bond acceptors (Lipinski definition) is 5. The first-order valence-corrected chi connectivity index (χ1v) is 7.13. The summed E-state index contributed by atoms with van der Waals surface area (Å²) in [6.07, 6.45) is 1.17. The molecule has 7 heteroatoms. The van der Waals surface area contributed by atoms with Crippen molar-refractivity contribution in [3.05, 3.63) is 0 Å². The highest BCUT2D eigenvalue weighted by Gasteiger charge is 2.24. The average molecular weight is 270 g/mol. The van der Waals surface area contributed by atoms with E-state index in [9.17, 15) is 4.79 Å². The zero-order valence-corrected chi connectivity index (χ0v) is 11.5. The molecule has 1 aromatic heterocycles. The molecule has 0 aromatic carbocycles. The number of aromatic nitrogens is 3. The molecule has 0 bridgehead atoms. The second-order valence-electron chi connectivity index (χ2n) is 4.55. The largest absolute Gasteiger partial charge is 0.481 e. The highest BCUT2D eigenvalue weighted by molar-refractivity contribution is 7.99. The maximum absolute atomic E-state index is 10.6. The van der Waals surface area contributed by atoms with Gasteiger partial charge in [0.2, 0.25) is 5.95 Å². The quantitative estimate of drug-likeness (QED) is 0.814. The van der Waals surface area contributed by atoms with E-state index in [2.05, 4.69) is 22.0 Å². The molecule has 0 spiro atoms. The van der Waals surface area contributed by atoms with Crippen LogP contribution >= 0.6 is 11.8 Å². The Morgan fingerprint density at radius 3 is 2.89 bits per heavy atom. The van der Waals surface area contributed by atoms with Gasteiger partial charge in [0, 0.05) is 19.6 Å². The van der Waals surface area contributed by atoms with Gasteiger partial charge in [0.05, 0.1) is 5.75 Å². The fourth-order valence-electron chi connectivity index (χ4n) is 2.14. The van der Waals surface area contributed by atoms with E-state index in [1.54, 1.807) is 0 Å². The number of hydrogen-bond donors (Lipinski definition) is 1. The summed E-state index contributed by atoms with van der Waals surface area (Å²) in [6.45, 7) is 7.02. The number of carboxylic acids is 1. The van der Waals surface area contributed by atoms with Gasteiger partial charge in [-0.05, 0) is 19.3 Å². The molecule has 1 unspecified atom stereocenters. The van der Waals surface area contributed by atoms with Crippen LogP contribution in [0.25, 0.3) is 0 Å². The molecule has 1 aliphatic rings. The topological polar surface area (TPSA) is 71.2 Å². The number of nitrogens with zero attached hydrogens (tertiary/aromatic N) is 4. The van der Waals surface area contributed by atoms with Crippen LogP contribution in [0.15, 0.2) is 5.16 Å². The summed E-state index contributed by atoms with van der Waals surface area (Å²) in [7, 11) is 0. The summed E-state index contributed by atoms with van der Waals surface area (Å²) in [6, 6.07) is 0. The predicted octanol–water partition coefficient (Wildman–Crippen LogP) is 1.32. The van der Waals surface area contributed by atoms with E-state index < -0.39 is 5.97 Å². The van der Waals surface area contributed by atoms with Crippen LogP contribution in [-0.2, 0) is 11.3 Å². The maximum atomic E-state index is 10.6. The lowest BCUT2D eigenvalue weighted by Crippen LogP contribution is -2.23. The summed E-state index contributed by atoms with van der Waals surface area (Å²) in [4.78, 5) is 12.8. The number of thioether (sulfide) groups is 1. The highest BCUT2D eigenvalue weighted by atomic mass is 32.2. The third-order valence-electron chi connectivity index (χ3n) is 3.05. The average Bonchev–Trinajstić information content (AvgIpc) is 2.91. The normalized spacial score (nSPS) is 19.4. The van der Waals surface area contributed by atoms with Gasteiger partial charge in [-0.3, -0.25) is 9.36 Å². The third-order valence-corrected chi connectivity index (χ3v) is 4.00. The minimum atomic E-state index is -0.831. The second kappa shape index (κ2) is 5.60.